The van der Waals surface area contributed by atoms with Gasteiger partial charge in [-0.05, 0) is 43.0 Å². The minimum absolute atomic E-state index is 0.202. The molecule has 0 unspecified atom stereocenters. The van der Waals surface area contributed by atoms with E-state index in [2.05, 4.69) is 19.9 Å². The predicted molar refractivity (Wildman–Crippen MR) is 77.2 cm³/mol. The van der Waals surface area contributed by atoms with Crippen molar-refractivity contribution in [1.82, 2.24) is 19.9 Å². The van der Waals surface area contributed by atoms with Gasteiger partial charge in [0.15, 0.2) is 9.93 Å². The summed E-state index contributed by atoms with van der Waals surface area (Å²) in [7, 11) is 0. The Labute approximate surface area is 117 Å². The second kappa shape index (κ2) is 4.67. The third-order valence-corrected chi connectivity index (χ3v) is 3.93. The second-order valence-electron chi connectivity index (χ2n) is 4.02. The molecule has 19 heavy (non-hydrogen) atoms. The van der Waals surface area contributed by atoms with E-state index in [4.69, 9.17) is 12.2 Å². The van der Waals surface area contributed by atoms with E-state index in [-0.39, 0.29) is 5.56 Å². The van der Waals surface area contributed by atoms with Crippen LogP contribution in [0.15, 0.2) is 39.1 Å². The zero-order chi connectivity index (χ0) is 13.4. The van der Waals surface area contributed by atoms with E-state index in [1.54, 1.807) is 0 Å². The molecular formula is C12H10N4OS2. The number of aromatic nitrogens is 4. The van der Waals surface area contributed by atoms with Crippen LogP contribution in [-0.4, -0.2) is 19.9 Å². The average Bonchev–Trinajstić information content (AvgIpc) is 2.76. The van der Waals surface area contributed by atoms with Crippen molar-refractivity contribution in [2.24, 2.45) is 0 Å². The highest BCUT2D eigenvalue weighted by Gasteiger charge is 2.10. The lowest BCUT2D eigenvalue weighted by Crippen LogP contribution is -2.12. The molecule has 0 radical (unpaired) electrons. The third kappa shape index (κ3) is 2.34. The van der Waals surface area contributed by atoms with Gasteiger partial charge in [0.05, 0.1) is 15.9 Å². The second-order valence-corrected chi connectivity index (χ2v) is 5.43. The molecule has 0 atom stereocenters. The van der Waals surface area contributed by atoms with E-state index < -0.39 is 0 Å². The van der Waals surface area contributed by atoms with E-state index in [0.29, 0.717) is 14.8 Å². The first-order valence-corrected chi connectivity index (χ1v) is 6.82. The maximum atomic E-state index is 11.9. The molecule has 0 saturated carbocycles. The van der Waals surface area contributed by atoms with Gasteiger partial charge in [0.2, 0.25) is 0 Å². The molecule has 2 heterocycles. The molecule has 0 aliphatic rings. The molecule has 3 N–H and O–H groups in total. The van der Waals surface area contributed by atoms with Crippen molar-refractivity contribution < 1.29 is 0 Å². The van der Waals surface area contributed by atoms with Crippen molar-refractivity contribution in [3.63, 3.8) is 0 Å². The first kappa shape index (κ1) is 12.2. The number of rotatable bonds is 2. The lowest BCUT2D eigenvalue weighted by Gasteiger charge is -2.01. The topological polar surface area (TPSA) is 77.3 Å². The molecule has 0 fully saturated rings. The minimum atomic E-state index is -0.202. The number of aryl methyl sites for hydroxylation is 1. The van der Waals surface area contributed by atoms with Gasteiger partial charge in [0, 0.05) is 5.69 Å². The average molecular weight is 290 g/mol. The number of nitrogens with zero attached hydrogens (tertiary/aromatic N) is 1. The molecule has 2 aromatic heterocycles. The number of hydrogen-bond donors (Lipinski definition) is 3. The number of imidazole rings is 1. The number of hydrogen-bond acceptors (Lipinski definition) is 4. The summed E-state index contributed by atoms with van der Waals surface area (Å²) in [6.07, 6.45) is 0. The lowest BCUT2D eigenvalue weighted by molar-refractivity contribution is 0.955. The summed E-state index contributed by atoms with van der Waals surface area (Å²) in [5.74, 6) is 0. The van der Waals surface area contributed by atoms with Crippen molar-refractivity contribution in [3.8, 4) is 0 Å². The van der Waals surface area contributed by atoms with Crippen LogP contribution in [0.25, 0.3) is 11.0 Å². The van der Waals surface area contributed by atoms with Crippen LogP contribution < -0.4 is 5.56 Å². The van der Waals surface area contributed by atoms with E-state index in [1.807, 2.05) is 31.2 Å². The SMILES string of the molecule is Cc1[nH]c(=S)[nH]c(=O)c1Sc1nc2ccccc2[nH]1. The first-order valence-electron chi connectivity index (χ1n) is 5.59. The standard InChI is InChI=1S/C12H10N4OS2/c1-6-9(10(17)16-11(18)13-6)19-12-14-7-4-2-3-5-8(7)15-12/h2-5H,1H3,(H,14,15)(H2,13,16,17,18). The summed E-state index contributed by atoms with van der Waals surface area (Å²) >= 11 is 6.21. The molecule has 3 aromatic rings. The van der Waals surface area contributed by atoms with Crippen molar-refractivity contribution >= 4 is 35.0 Å². The summed E-state index contributed by atoms with van der Waals surface area (Å²) in [5.41, 5.74) is 2.36. The number of fused-ring (bicyclic) bond motifs is 1. The fraction of sp³-hybridized carbons (Fsp3) is 0.0833. The van der Waals surface area contributed by atoms with Gasteiger partial charge in [-0.1, -0.05) is 12.1 Å². The summed E-state index contributed by atoms with van der Waals surface area (Å²) in [5, 5.41) is 0.681. The van der Waals surface area contributed by atoms with Gasteiger partial charge in [-0.15, -0.1) is 0 Å². The summed E-state index contributed by atoms with van der Waals surface area (Å²) in [4.78, 5) is 25.5. The molecule has 0 saturated heterocycles. The summed E-state index contributed by atoms with van der Waals surface area (Å²) < 4.78 is 0.330. The quantitative estimate of drug-likeness (QED) is 0.634. The lowest BCUT2D eigenvalue weighted by atomic mass is 10.3. The zero-order valence-corrected chi connectivity index (χ0v) is 11.6. The van der Waals surface area contributed by atoms with Crippen LogP contribution in [0.3, 0.4) is 0 Å². The molecule has 0 bridgehead atoms. The van der Waals surface area contributed by atoms with E-state index >= 15 is 0 Å². The predicted octanol–water partition coefficient (Wildman–Crippen LogP) is 2.77. The molecule has 0 aliphatic heterocycles. The maximum Gasteiger partial charge on any atom is 0.266 e. The van der Waals surface area contributed by atoms with Crippen LogP contribution in [0.1, 0.15) is 5.69 Å². The Hall–Kier alpha value is -1.86. The van der Waals surface area contributed by atoms with Crippen LogP contribution in [0.2, 0.25) is 0 Å². The first-order chi connectivity index (χ1) is 9.13. The van der Waals surface area contributed by atoms with Gasteiger partial charge in [0.1, 0.15) is 0 Å². The molecule has 1 aromatic carbocycles. The highest BCUT2D eigenvalue weighted by Crippen LogP contribution is 2.25. The van der Waals surface area contributed by atoms with Crippen LogP contribution in [0.4, 0.5) is 0 Å². The molecular weight excluding hydrogens is 280 g/mol. The van der Waals surface area contributed by atoms with Gasteiger partial charge in [0.25, 0.3) is 5.56 Å². The Morgan fingerprint density at radius 2 is 2.00 bits per heavy atom. The van der Waals surface area contributed by atoms with Gasteiger partial charge >= 0.3 is 0 Å². The summed E-state index contributed by atoms with van der Waals surface area (Å²) in [6.45, 7) is 1.82. The van der Waals surface area contributed by atoms with E-state index in [1.165, 1.54) is 11.8 Å². The van der Waals surface area contributed by atoms with Crippen LogP contribution in [0.5, 0.6) is 0 Å². The number of aromatic amines is 3. The highest BCUT2D eigenvalue weighted by atomic mass is 32.2. The molecule has 0 amide bonds. The zero-order valence-electron chi connectivity index (χ0n) is 9.98. The Morgan fingerprint density at radius 1 is 1.21 bits per heavy atom. The number of H-pyrrole nitrogens is 3. The molecule has 3 rings (SSSR count). The highest BCUT2D eigenvalue weighted by molar-refractivity contribution is 7.99. The van der Waals surface area contributed by atoms with Crippen molar-refractivity contribution in [1.29, 1.82) is 0 Å². The fourth-order valence-electron chi connectivity index (χ4n) is 1.79. The van der Waals surface area contributed by atoms with Crippen LogP contribution in [0, 0.1) is 11.7 Å². The number of para-hydroxylation sites is 2. The Bertz CT molecular complexity index is 829. The number of nitrogens with one attached hydrogen (secondary N) is 3. The smallest absolute Gasteiger partial charge is 0.266 e. The van der Waals surface area contributed by atoms with Crippen LogP contribution in [-0.2, 0) is 0 Å². The Balaban J connectivity index is 2.06. The van der Waals surface area contributed by atoms with Gasteiger partial charge in [-0.2, -0.15) is 0 Å². The van der Waals surface area contributed by atoms with Crippen molar-refractivity contribution in [3.05, 3.63) is 45.1 Å². The van der Waals surface area contributed by atoms with Gasteiger partial charge in [-0.25, -0.2) is 4.98 Å². The number of benzene rings is 1. The fourth-order valence-corrected chi connectivity index (χ4v) is 2.88. The van der Waals surface area contributed by atoms with Crippen molar-refractivity contribution in [2.45, 2.75) is 17.0 Å². The van der Waals surface area contributed by atoms with Crippen LogP contribution >= 0.6 is 24.0 Å². The van der Waals surface area contributed by atoms with E-state index in [0.717, 1.165) is 16.7 Å². The normalized spacial score (nSPS) is 11.0. The maximum absolute atomic E-state index is 11.9. The monoisotopic (exact) mass is 290 g/mol. The summed E-state index contributed by atoms with van der Waals surface area (Å²) in [6, 6.07) is 7.73. The molecule has 96 valence electrons. The van der Waals surface area contributed by atoms with Crippen molar-refractivity contribution in [2.75, 3.05) is 0 Å². The Kier molecular flexibility index (Phi) is 3.00. The minimum Gasteiger partial charge on any atom is -0.335 e. The molecule has 7 heteroatoms. The molecule has 5 nitrogen and oxygen atoms in total. The molecule has 0 spiro atoms. The van der Waals surface area contributed by atoms with Gasteiger partial charge in [-0.3, -0.25) is 9.78 Å². The Morgan fingerprint density at radius 3 is 2.74 bits per heavy atom. The van der Waals surface area contributed by atoms with E-state index in [9.17, 15) is 4.79 Å². The van der Waals surface area contributed by atoms with Gasteiger partial charge < -0.3 is 9.97 Å². The molecule has 0 aliphatic carbocycles. The largest absolute Gasteiger partial charge is 0.335 e. The third-order valence-electron chi connectivity index (χ3n) is 2.64.